The number of carbonyl (C=O) groups is 2. The Morgan fingerprint density at radius 2 is 2.14 bits per heavy atom. The Kier molecular flexibility index (Phi) is 4.80. The fourth-order valence-corrected chi connectivity index (χ4v) is 4.26. The maximum absolute atomic E-state index is 12.6. The maximum atomic E-state index is 12.6. The van der Waals surface area contributed by atoms with Crippen molar-refractivity contribution in [3.05, 3.63) is 29.6 Å². The van der Waals surface area contributed by atoms with Crippen molar-refractivity contribution in [2.45, 2.75) is 25.8 Å². The van der Waals surface area contributed by atoms with Gasteiger partial charge in [-0.25, -0.2) is 18.2 Å². The minimum atomic E-state index is -3.08. The van der Waals surface area contributed by atoms with Gasteiger partial charge in [0.1, 0.15) is 5.69 Å². The van der Waals surface area contributed by atoms with Gasteiger partial charge in [-0.3, -0.25) is 4.79 Å². The number of rotatable bonds is 5. The normalized spacial score (nSPS) is 19.8. The van der Waals surface area contributed by atoms with Gasteiger partial charge in [-0.1, -0.05) is 6.92 Å². The lowest BCUT2D eigenvalue weighted by Crippen LogP contribution is -2.41. The zero-order chi connectivity index (χ0) is 16.3. The molecular formula is C14H18N2O5S. The molecule has 1 aliphatic rings. The van der Waals surface area contributed by atoms with Gasteiger partial charge in [0.15, 0.2) is 9.84 Å². The summed E-state index contributed by atoms with van der Waals surface area (Å²) in [4.78, 5) is 28.6. The monoisotopic (exact) mass is 326 g/mol. The van der Waals surface area contributed by atoms with Gasteiger partial charge in [0, 0.05) is 18.8 Å². The Balaban J connectivity index is 2.21. The lowest BCUT2D eigenvalue weighted by Gasteiger charge is -2.27. The van der Waals surface area contributed by atoms with Crippen LogP contribution in [0.2, 0.25) is 0 Å². The highest BCUT2D eigenvalue weighted by Crippen LogP contribution is 2.20. The van der Waals surface area contributed by atoms with Gasteiger partial charge in [0.25, 0.3) is 5.91 Å². The molecule has 0 spiro atoms. The van der Waals surface area contributed by atoms with Crippen LogP contribution < -0.4 is 0 Å². The number of aromatic carboxylic acids is 1. The highest BCUT2D eigenvalue weighted by atomic mass is 32.2. The minimum Gasteiger partial charge on any atom is -0.477 e. The molecule has 0 aromatic carbocycles. The van der Waals surface area contributed by atoms with Crippen LogP contribution in [0, 0.1) is 0 Å². The molecule has 1 aromatic heterocycles. The molecular weight excluding hydrogens is 308 g/mol. The molecule has 0 bridgehead atoms. The summed E-state index contributed by atoms with van der Waals surface area (Å²) < 4.78 is 23.2. The first kappa shape index (κ1) is 16.4. The van der Waals surface area contributed by atoms with Crippen LogP contribution in [0.25, 0.3) is 0 Å². The second kappa shape index (κ2) is 6.43. The molecule has 1 saturated heterocycles. The largest absolute Gasteiger partial charge is 0.477 e. The Morgan fingerprint density at radius 1 is 1.41 bits per heavy atom. The van der Waals surface area contributed by atoms with E-state index in [2.05, 4.69) is 4.98 Å². The van der Waals surface area contributed by atoms with Gasteiger partial charge >= 0.3 is 5.97 Å². The summed E-state index contributed by atoms with van der Waals surface area (Å²) in [5.41, 5.74) is 0.129. The van der Waals surface area contributed by atoms with Crippen molar-refractivity contribution in [3.63, 3.8) is 0 Å². The van der Waals surface area contributed by atoms with Gasteiger partial charge < -0.3 is 10.0 Å². The van der Waals surface area contributed by atoms with Crippen LogP contribution in [0.4, 0.5) is 0 Å². The van der Waals surface area contributed by atoms with Crippen molar-refractivity contribution in [3.8, 4) is 0 Å². The highest BCUT2D eigenvalue weighted by Gasteiger charge is 2.34. The van der Waals surface area contributed by atoms with Crippen LogP contribution in [0.15, 0.2) is 18.3 Å². The van der Waals surface area contributed by atoms with E-state index in [1.807, 2.05) is 6.92 Å². The summed E-state index contributed by atoms with van der Waals surface area (Å²) in [6, 6.07) is 2.35. The molecule has 0 aliphatic carbocycles. The standard InChI is InChI=1S/C14H18N2O5S/c1-2-6-16(11-5-7-22(20,21)9-11)13(17)10-3-4-12(14(18)19)15-8-10/h3-4,8,11H,2,5-7,9H2,1H3,(H,18,19). The van der Waals surface area contributed by atoms with E-state index in [1.165, 1.54) is 18.3 Å². The van der Waals surface area contributed by atoms with E-state index in [0.29, 0.717) is 19.4 Å². The van der Waals surface area contributed by atoms with Crippen LogP contribution in [-0.2, 0) is 9.84 Å². The molecule has 120 valence electrons. The lowest BCUT2D eigenvalue weighted by atomic mass is 10.1. The number of sulfone groups is 1. The number of aromatic nitrogens is 1. The second-order valence-corrected chi connectivity index (χ2v) is 7.52. The van der Waals surface area contributed by atoms with Crippen LogP contribution in [0.1, 0.15) is 40.6 Å². The topological polar surface area (TPSA) is 105 Å². The third-order valence-corrected chi connectivity index (χ3v) is 5.35. The smallest absolute Gasteiger partial charge is 0.354 e. The zero-order valence-electron chi connectivity index (χ0n) is 12.2. The first-order valence-corrected chi connectivity index (χ1v) is 8.87. The fourth-order valence-electron chi connectivity index (χ4n) is 2.52. The summed E-state index contributed by atoms with van der Waals surface area (Å²) in [5.74, 6) is -1.39. The quantitative estimate of drug-likeness (QED) is 0.859. The van der Waals surface area contributed by atoms with Crippen molar-refractivity contribution < 1.29 is 23.1 Å². The van der Waals surface area contributed by atoms with Crippen molar-refractivity contribution in [2.75, 3.05) is 18.1 Å². The Hall–Kier alpha value is -1.96. The zero-order valence-corrected chi connectivity index (χ0v) is 13.0. The molecule has 7 nitrogen and oxygen atoms in total. The van der Waals surface area contributed by atoms with Gasteiger partial charge in [0.05, 0.1) is 17.1 Å². The average Bonchev–Trinajstić information content (AvgIpc) is 2.84. The summed E-state index contributed by atoms with van der Waals surface area (Å²) in [6.45, 7) is 2.37. The molecule has 1 aliphatic heterocycles. The molecule has 1 fully saturated rings. The van der Waals surface area contributed by atoms with E-state index in [9.17, 15) is 18.0 Å². The van der Waals surface area contributed by atoms with Crippen molar-refractivity contribution in [1.29, 1.82) is 0 Å². The number of carboxylic acid groups (broad SMARTS) is 1. The van der Waals surface area contributed by atoms with Crippen LogP contribution >= 0.6 is 0 Å². The summed E-state index contributed by atoms with van der Waals surface area (Å²) in [6.07, 6.45) is 2.37. The summed E-state index contributed by atoms with van der Waals surface area (Å²) in [5, 5.41) is 8.81. The van der Waals surface area contributed by atoms with Crippen LogP contribution in [0.3, 0.4) is 0 Å². The van der Waals surface area contributed by atoms with E-state index in [1.54, 1.807) is 4.90 Å². The fraction of sp³-hybridized carbons (Fsp3) is 0.500. The third-order valence-electron chi connectivity index (χ3n) is 3.60. The number of amides is 1. The number of carbonyl (C=O) groups excluding carboxylic acids is 1. The van der Waals surface area contributed by atoms with E-state index < -0.39 is 15.8 Å². The first-order valence-electron chi connectivity index (χ1n) is 7.05. The molecule has 1 atom stereocenters. The first-order chi connectivity index (χ1) is 10.3. The van der Waals surface area contributed by atoms with E-state index >= 15 is 0 Å². The SMILES string of the molecule is CCCN(C(=O)c1ccc(C(=O)O)nc1)C1CCS(=O)(=O)C1. The molecule has 0 saturated carbocycles. The highest BCUT2D eigenvalue weighted by molar-refractivity contribution is 7.91. The molecule has 1 amide bonds. The molecule has 2 rings (SSSR count). The maximum Gasteiger partial charge on any atom is 0.354 e. The van der Waals surface area contributed by atoms with Gasteiger partial charge in [-0.2, -0.15) is 0 Å². The van der Waals surface area contributed by atoms with Crippen molar-refractivity contribution in [1.82, 2.24) is 9.88 Å². The second-order valence-electron chi connectivity index (χ2n) is 5.29. The molecule has 2 heterocycles. The van der Waals surface area contributed by atoms with E-state index in [0.717, 1.165) is 0 Å². The minimum absolute atomic E-state index is 0.0145. The lowest BCUT2D eigenvalue weighted by molar-refractivity contribution is 0.0677. The van der Waals surface area contributed by atoms with Gasteiger partial charge in [-0.15, -0.1) is 0 Å². The Bertz CT molecular complexity index is 669. The van der Waals surface area contributed by atoms with Gasteiger partial charge in [0.2, 0.25) is 0 Å². The van der Waals surface area contributed by atoms with E-state index in [4.69, 9.17) is 5.11 Å². The molecule has 1 unspecified atom stereocenters. The number of hydrogen-bond donors (Lipinski definition) is 1. The summed E-state index contributed by atoms with van der Waals surface area (Å²) in [7, 11) is -3.08. The third kappa shape index (κ3) is 3.62. The Labute approximate surface area is 128 Å². The molecule has 1 N–H and O–H groups in total. The number of hydrogen-bond acceptors (Lipinski definition) is 5. The van der Waals surface area contributed by atoms with Gasteiger partial charge in [-0.05, 0) is 25.0 Å². The predicted octanol–water partition coefficient (Wildman–Crippen LogP) is 0.819. The number of pyridine rings is 1. The van der Waals surface area contributed by atoms with Crippen molar-refractivity contribution in [2.24, 2.45) is 0 Å². The van der Waals surface area contributed by atoms with Crippen molar-refractivity contribution >= 4 is 21.7 Å². The molecule has 1 aromatic rings. The van der Waals surface area contributed by atoms with Crippen LogP contribution in [0.5, 0.6) is 0 Å². The average molecular weight is 326 g/mol. The van der Waals surface area contributed by atoms with Crippen LogP contribution in [-0.4, -0.2) is 59.4 Å². The number of nitrogens with zero attached hydrogens (tertiary/aromatic N) is 2. The Morgan fingerprint density at radius 3 is 2.59 bits per heavy atom. The molecule has 8 heteroatoms. The number of carboxylic acids is 1. The molecule has 0 radical (unpaired) electrons. The van der Waals surface area contributed by atoms with E-state index in [-0.39, 0.29) is 34.7 Å². The molecule has 22 heavy (non-hydrogen) atoms. The summed E-state index contributed by atoms with van der Waals surface area (Å²) >= 11 is 0. The predicted molar refractivity (Wildman–Crippen MR) is 79.6 cm³/mol.